The Morgan fingerprint density at radius 1 is 1.29 bits per heavy atom. The molecule has 0 atom stereocenters. The Morgan fingerprint density at radius 2 is 2.12 bits per heavy atom. The van der Waals surface area contributed by atoms with E-state index in [-0.39, 0.29) is 0 Å². The van der Waals surface area contributed by atoms with E-state index in [0.717, 1.165) is 19.5 Å². The maximum atomic E-state index is 4.17. The standard InChI is InChI=1S/C13H24N4/c1-16-13(6-9-15-16)5-8-14-7-4-12-17-10-2-3-11-17/h6,9,14H,2-5,7-8,10-12H2,1H3. The summed E-state index contributed by atoms with van der Waals surface area (Å²) in [6, 6.07) is 2.09. The van der Waals surface area contributed by atoms with E-state index in [1.54, 1.807) is 0 Å². The van der Waals surface area contributed by atoms with Crippen molar-refractivity contribution in [3.05, 3.63) is 18.0 Å². The summed E-state index contributed by atoms with van der Waals surface area (Å²) in [6.45, 7) is 6.08. The van der Waals surface area contributed by atoms with Gasteiger partial charge in [0.25, 0.3) is 0 Å². The van der Waals surface area contributed by atoms with Crippen molar-refractivity contribution >= 4 is 0 Å². The third-order valence-corrected chi connectivity index (χ3v) is 3.51. The summed E-state index contributed by atoms with van der Waals surface area (Å²) in [5, 5.41) is 7.67. The molecule has 0 unspecified atom stereocenters. The number of hydrogen-bond acceptors (Lipinski definition) is 3. The lowest BCUT2D eigenvalue weighted by atomic mass is 10.3. The fourth-order valence-electron chi connectivity index (χ4n) is 2.42. The number of aromatic nitrogens is 2. The van der Waals surface area contributed by atoms with Crippen molar-refractivity contribution in [2.24, 2.45) is 7.05 Å². The molecule has 1 aliphatic heterocycles. The lowest BCUT2D eigenvalue weighted by Gasteiger charge is -2.14. The third-order valence-electron chi connectivity index (χ3n) is 3.51. The van der Waals surface area contributed by atoms with Gasteiger partial charge in [0, 0.05) is 31.9 Å². The number of aryl methyl sites for hydroxylation is 1. The molecule has 0 spiro atoms. The molecule has 1 aromatic rings. The summed E-state index contributed by atoms with van der Waals surface area (Å²) < 4.78 is 1.95. The molecule has 1 aromatic heterocycles. The van der Waals surface area contributed by atoms with Crippen molar-refractivity contribution in [3.8, 4) is 0 Å². The molecular formula is C13H24N4. The summed E-state index contributed by atoms with van der Waals surface area (Å²) in [6.07, 6.45) is 7.00. The summed E-state index contributed by atoms with van der Waals surface area (Å²) in [5.74, 6) is 0. The number of nitrogens with zero attached hydrogens (tertiary/aromatic N) is 3. The van der Waals surface area contributed by atoms with Gasteiger partial charge in [-0.1, -0.05) is 0 Å². The minimum Gasteiger partial charge on any atom is -0.316 e. The topological polar surface area (TPSA) is 33.1 Å². The predicted octanol–water partition coefficient (Wildman–Crippen LogP) is 1.04. The van der Waals surface area contributed by atoms with Crippen LogP contribution in [0.1, 0.15) is 25.0 Å². The second-order valence-corrected chi connectivity index (χ2v) is 4.85. The average molecular weight is 236 g/mol. The number of rotatable bonds is 7. The van der Waals surface area contributed by atoms with Crippen LogP contribution in [0.5, 0.6) is 0 Å². The van der Waals surface area contributed by atoms with E-state index in [1.165, 1.54) is 44.6 Å². The van der Waals surface area contributed by atoms with Crippen LogP contribution in [0.2, 0.25) is 0 Å². The third kappa shape index (κ3) is 4.13. The fourth-order valence-corrected chi connectivity index (χ4v) is 2.42. The summed E-state index contributed by atoms with van der Waals surface area (Å²) in [4.78, 5) is 2.57. The smallest absolute Gasteiger partial charge is 0.0492 e. The largest absolute Gasteiger partial charge is 0.316 e. The highest BCUT2D eigenvalue weighted by Gasteiger charge is 2.09. The SMILES string of the molecule is Cn1nccc1CCNCCCN1CCCC1. The van der Waals surface area contributed by atoms with Crippen LogP contribution in [-0.2, 0) is 13.5 Å². The predicted molar refractivity (Wildman–Crippen MR) is 70.1 cm³/mol. The molecule has 0 amide bonds. The van der Waals surface area contributed by atoms with E-state index in [1.807, 2.05) is 17.9 Å². The Morgan fingerprint density at radius 3 is 2.82 bits per heavy atom. The van der Waals surface area contributed by atoms with E-state index < -0.39 is 0 Å². The van der Waals surface area contributed by atoms with Crippen LogP contribution in [0.15, 0.2) is 12.3 Å². The molecule has 0 aliphatic carbocycles. The van der Waals surface area contributed by atoms with Gasteiger partial charge in [0.1, 0.15) is 0 Å². The van der Waals surface area contributed by atoms with Crippen molar-refractivity contribution in [1.29, 1.82) is 0 Å². The molecule has 2 heterocycles. The molecule has 1 aliphatic rings. The zero-order valence-corrected chi connectivity index (χ0v) is 10.9. The summed E-state index contributed by atoms with van der Waals surface area (Å²) >= 11 is 0. The zero-order valence-electron chi connectivity index (χ0n) is 10.9. The van der Waals surface area contributed by atoms with Gasteiger partial charge in [-0.3, -0.25) is 4.68 Å². The molecule has 4 heteroatoms. The maximum Gasteiger partial charge on any atom is 0.0492 e. The molecule has 1 fully saturated rings. The van der Waals surface area contributed by atoms with Crippen molar-refractivity contribution < 1.29 is 0 Å². The Labute approximate surface area is 104 Å². The molecular weight excluding hydrogens is 212 g/mol. The van der Waals surface area contributed by atoms with E-state index in [2.05, 4.69) is 21.4 Å². The van der Waals surface area contributed by atoms with Crippen LogP contribution in [0.3, 0.4) is 0 Å². The first-order valence-corrected chi connectivity index (χ1v) is 6.76. The Hall–Kier alpha value is -0.870. The lowest BCUT2D eigenvalue weighted by Crippen LogP contribution is -2.26. The first-order valence-electron chi connectivity index (χ1n) is 6.76. The molecule has 0 aromatic carbocycles. The van der Waals surface area contributed by atoms with Gasteiger partial charge >= 0.3 is 0 Å². The van der Waals surface area contributed by atoms with Crippen molar-refractivity contribution in [3.63, 3.8) is 0 Å². The Kier molecular flexibility index (Phi) is 5.01. The van der Waals surface area contributed by atoms with Gasteiger partial charge in [0.2, 0.25) is 0 Å². The van der Waals surface area contributed by atoms with E-state index in [9.17, 15) is 0 Å². The molecule has 0 saturated carbocycles. The van der Waals surface area contributed by atoms with E-state index in [0.29, 0.717) is 0 Å². The number of hydrogen-bond donors (Lipinski definition) is 1. The first kappa shape index (κ1) is 12.6. The summed E-state index contributed by atoms with van der Waals surface area (Å²) in [5.41, 5.74) is 1.30. The monoisotopic (exact) mass is 236 g/mol. The highest BCUT2D eigenvalue weighted by Crippen LogP contribution is 2.06. The van der Waals surface area contributed by atoms with Gasteiger partial charge in [0.15, 0.2) is 0 Å². The van der Waals surface area contributed by atoms with Gasteiger partial charge in [-0.15, -0.1) is 0 Å². The van der Waals surface area contributed by atoms with Crippen LogP contribution in [-0.4, -0.2) is 47.4 Å². The Balaban J connectivity index is 1.47. The second kappa shape index (κ2) is 6.77. The van der Waals surface area contributed by atoms with Gasteiger partial charge in [-0.2, -0.15) is 5.10 Å². The first-order chi connectivity index (χ1) is 8.36. The average Bonchev–Trinajstić information content (AvgIpc) is 2.95. The minimum atomic E-state index is 1.06. The van der Waals surface area contributed by atoms with Gasteiger partial charge < -0.3 is 10.2 Å². The maximum absolute atomic E-state index is 4.17. The minimum absolute atomic E-state index is 1.06. The van der Waals surface area contributed by atoms with E-state index in [4.69, 9.17) is 0 Å². The molecule has 0 radical (unpaired) electrons. The molecule has 1 saturated heterocycles. The highest BCUT2D eigenvalue weighted by atomic mass is 15.3. The van der Waals surface area contributed by atoms with Gasteiger partial charge in [0.05, 0.1) is 0 Å². The van der Waals surface area contributed by atoms with Crippen LogP contribution in [0, 0.1) is 0 Å². The molecule has 0 bridgehead atoms. The van der Waals surface area contributed by atoms with Crippen molar-refractivity contribution in [1.82, 2.24) is 20.0 Å². The fraction of sp³-hybridized carbons (Fsp3) is 0.769. The van der Waals surface area contributed by atoms with Crippen LogP contribution >= 0.6 is 0 Å². The molecule has 1 N–H and O–H groups in total. The highest BCUT2D eigenvalue weighted by molar-refractivity contribution is 5.00. The van der Waals surface area contributed by atoms with Gasteiger partial charge in [-0.25, -0.2) is 0 Å². The van der Waals surface area contributed by atoms with Crippen LogP contribution in [0.4, 0.5) is 0 Å². The van der Waals surface area contributed by atoms with Crippen LogP contribution < -0.4 is 5.32 Å². The lowest BCUT2D eigenvalue weighted by molar-refractivity contribution is 0.331. The summed E-state index contributed by atoms with van der Waals surface area (Å²) in [7, 11) is 2.00. The normalized spacial score (nSPS) is 16.8. The molecule has 96 valence electrons. The molecule has 17 heavy (non-hydrogen) atoms. The molecule has 4 nitrogen and oxygen atoms in total. The number of likely N-dealkylation sites (tertiary alicyclic amines) is 1. The number of nitrogens with one attached hydrogen (secondary N) is 1. The quantitative estimate of drug-likeness (QED) is 0.718. The van der Waals surface area contributed by atoms with Crippen molar-refractivity contribution in [2.75, 3.05) is 32.7 Å². The second-order valence-electron chi connectivity index (χ2n) is 4.85. The molecule has 2 rings (SSSR count). The Bertz CT molecular complexity index is 315. The van der Waals surface area contributed by atoms with Gasteiger partial charge in [-0.05, 0) is 51.5 Å². The zero-order chi connectivity index (χ0) is 11.9. The van der Waals surface area contributed by atoms with E-state index >= 15 is 0 Å². The van der Waals surface area contributed by atoms with Crippen molar-refractivity contribution in [2.45, 2.75) is 25.7 Å². The van der Waals surface area contributed by atoms with Crippen LogP contribution in [0.25, 0.3) is 0 Å².